The summed E-state index contributed by atoms with van der Waals surface area (Å²) in [6, 6.07) is 3.69. The lowest BCUT2D eigenvalue weighted by molar-refractivity contribution is 0.289. The lowest BCUT2D eigenvalue weighted by Gasteiger charge is -2.09. The predicted molar refractivity (Wildman–Crippen MR) is 78.6 cm³/mol. The minimum Gasteiger partial charge on any atom is -0.484 e. The van der Waals surface area contributed by atoms with Crippen molar-refractivity contribution < 1.29 is 4.74 Å². The van der Waals surface area contributed by atoms with Crippen LogP contribution in [-0.2, 0) is 19.6 Å². The molecule has 102 valence electrons. The van der Waals surface area contributed by atoms with Crippen molar-refractivity contribution in [1.82, 2.24) is 14.8 Å². The maximum absolute atomic E-state index is 6.32. The van der Waals surface area contributed by atoms with E-state index in [-0.39, 0.29) is 0 Å². The SMILES string of the molecule is CCc1nn(CC)c(COc2cccnc2Br)c1Cl. The van der Waals surface area contributed by atoms with Crippen molar-refractivity contribution in [2.75, 3.05) is 0 Å². The molecule has 0 fully saturated rings. The van der Waals surface area contributed by atoms with Crippen LogP contribution in [0.3, 0.4) is 0 Å². The van der Waals surface area contributed by atoms with Crippen LogP contribution in [0.5, 0.6) is 5.75 Å². The van der Waals surface area contributed by atoms with Crippen molar-refractivity contribution in [3.05, 3.63) is 39.3 Å². The Balaban J connectivity index is 2.20. The highest BCUT2D eigenvalue weighted by Crippen LogP contribution is 2.26. The van der Waals surface area contributed by atoms with Crippen molar-refractivity contribution in [2.45, 2.75) is 33.4 Å². The fourth-order valence-corrected chi connectivity index (χ4v) is 2.47. The topological polar surface area (TPSA) is 39.9 Å². The molecule has 0 saturated carbocycles. The van der Waals surface area contributed by atoms with Crippen molar-refractivity contribution in [3.8, 4) is 5.75 Å². The molecule has 0 aliphatic carbocycles. The van der Waals surface area contributed by atoms with Gasteiger partial charge in [0.2, 0.25) is 0 Å². The molecule has 0 spiro atoms. The normalized spacial score (nSPS) is 10.7. The number of pyridine rings is 1. The molecular weight excluding hydrogens is 330 g/mol. The van der Waals surface area contributed by atoms with Crippen LogP contribution in [0, 0.1) is 0 Å². The van der Waals surface area contributed by atoms with Crippen LogP contribution in [-0.4, -0.2) is 14.8 Å². The standard InChI is InChI=1S/C13H15BrClN3O/c1-3-9-12(15)10(18(4-2)17-9)8-19-11-6-5-7-16-13(11)14/h5-7H,3-4,8H2,1-2H3. The van der Waals surface area contributed by atoms with E-state index in [0.29, 0.717) is 22.0 Å². The highest BCUT2D eigenvalue weighted by Gasteiger charge is 2.15. The molecule has 2 aromatic heterocycles. The summed E-state index contributed by atoms with van der Waals surface area (Å²) in [4.78, 5) is 4.11. The number of nitrogens with zero attached hydrogens (tertiary/aromatic N) is 3. The van der Waals surface area contributed by atoms with E-state index in [0.717, 1.165) is 24.4 Å². The van der Waals surface area contributed by atoms with E-state index in [4.69, 9.17) is 16.3 Å². The Morgan fingerprint density at radius 3 is 2.84 bits per heavy atom. The first-order chi connectivity index (χ1) is 9.17. The lowest BCUT2D eigenvalue weighted by atomic mass is 10.3. The van der Waals surface area contributed by atoms with E-state index in [1.54, 1.807) is 6.20 Å². The van der Waals surface area contributed by atoms with Crippen molar-refractivity contribution in [1.29, 1.82) is 0 Å². The molecule has 0 aliphatic heterocycles. The summed E-state index contributed by atoms with van der Waals surface area (Å²) in [5.41, 5.74) is 1.81. The molecule has 0 atom stereocenters. The minimum absolute atomic E-state index is 0.379. The third kappa shape index (κ3) is 3.09. The fourth-order valence-electron chi connectivity index (χ4n) is 1.78. The quantitative estimate of drug-likeness (QED) is 0.773. The number of ether oxygens (including phenoxy) is 1. The average molecular weight is 345 g/mol. The molecule has 19 heavy (non-hydrogen) atoms. The van der Waals surface area contributed by atoms with E-state index in [1.807, 2.05) is 30.7 Å². The summed E-state index contributed by atoms with van der Waals surface area (Å²) < 4.78 is 8.31. The van der Waals surface area contributed by atoms with Gasteiger partial charge >= 0.3 is 0 Å². The first kappa shape index (κ1) is 14.3. The van der Waals surface area contributed by atoms with Gasteiger partial charge in [0.1, 0.15) is 11.2 Å². The zero-order valence-corrected chi connectivity index (χ0v) is 13.2. The molecule has 0 N–H and O–H groups in total. The average Bonchev–Trinajstić information content (AvgIpc) is 2.74. The summed E-state index contributed by atoms with van der Waals surface area (Å²) in [5, 5.41) is 5.16. The van der Waals surface area contributed by atoms with Gasteiger partial charge in [0.15, 0.2) is 5.75 Å². The molecule has 0 bridgehead atoms. The van der Waals surface area contributed by atoms with Crippen molar-refractivity contribution in [2.24, 2.45) is 0 Å². The van der Waals surface area contributed by atoms with Gasteiger partial charge in [-0.05, 0) is 41.4 Å². The summed E-state index contributed by atoms with van der Waals surface area (Å²) in [6.45, 7) is 5.22. The van der Waals surface area contributed by atoms with E-state index in [1.165, 1.54) is 0 Å². The summed E-state index contributed by atoms with van der Waals surface area (Å²) in [7, 11) is 0. The van der Waals surface area contributed by atoms with Gasteiger partial charge in [0.05, 0.1) is 16.4 Å². The van der Waals surface area contributed by atoms with Crippen LogP contribution in [0.25, 0.3) is 0 Å². The third-order valence-electron chi connectivity index (χ3n) is 2.78. The zero-order valence-electron chi connectivity index (χ0n) is 10.9. The first-order valence-electron chi connectivity index (χ1n) is 6.14. The minimum atomic E-state index is 0.379. The second-order valence-corrected chi connectivity index (χ2v) is 5.09. The van der Waals surface area contributed by atoms with Gasteiger partial charge in [-0.2, -0.15) is 5.10 Å². The first-order valence-corrected chi connectivity index (χ1v) is 7.31. The molecular formula is C13H15BrClN3O. The van der Waals surface area contributed by atoms with Gasteiger partial charge in [-0.15, -0.1) is 0 Å². The maximum Gasteiger partial charge on any atom is 0.152 e. The molecule has 0 amide bonds. The highest BCUT2D eigenvalue weighted by atomic mass is 79.9. The zero-order chi connectivity index (χ0) is 13.8. The number of hydrogen-bond donors (Lipinski definition) is 0. The Labute approximate surface area is 125 Å². The predicted octanol–water partition coefficient (Wildman–Crippen LogP) is 3.86. The van der Waals surface area contributed by atoms with Gasteiger partial charge in [-0.3, -0.25) is 4.68 Å². The van der Waals surface area contributed by atoms with Crippen molar-refractivity contribution >= 4 is 27.5 Å². The molecule has 2 rings (SSSR count). The van der Waals surface area contributed by atoms with Crippen LogP contribution in [0.1, 0.15) is 25.2 Å². The van der Waals surface area contributed by atoms with Crippen LogP contribution in [0.4, 0.5) is 0 Å². The van der Waals surface area contributed by atoms with Gasteiger partial charge in [-0.25, -0.2) is 4.98 Å². The Bertz CT molecular complexity index is 571. The molecule has 6 heteroatoms. The Morgan fingerprint density at radius 2 is 2.21 bits per heavy atom. The molecule has 2 aromatic rings. The Morgan fingerprint density at radius 1 is 1.42 bits per heavy atom. The summed E-state index contributed by atoms with van der Waals surface area (Å²) >= 11 is 9.68. The smallest absolute Gasteiger partial charge is 0.152 e. The Hall–Kier alpha value is -1.07. The molecule has 4 nitrogen and oxygen atoms in total. The fraction of sp³-hybridized carbons (Fsp3) is 0.385. The van der Waals surface area contributed by atoms with E-state index >= 15 is 0 Å². The van der Waals surface area contributed by atoms with Crippen LogP contribution in [0.15, 0.2) is 22.9 Å². The maximum atomic E-state index is 6.32. The van der Waals surface area contributed by atoms with Gasteiger partial charge in [0.25, 0.3) is 0 Å². The van der Waals surface area contributed by atoms with Gasteiger partial charge < -0.3 is 4.74 Å². The van der Waals surface area contributed by atoms with Gasteiger partial charge in [-0.1, -0.05) is 18.5 Å². The number of halogens is 2. The number of hydrogen-bond acceptors (Lipinski definition) is 3. The van der Waals surface area contributed by atoms with E-state index in [9.17, 15) is 0 Å². The second-order valence-electron chi connectivity index (χ2n) is 3.96. The Kier molecular flexibility index (Phi) is 4.82. The van der Waals surface area contributed by atoms with Crippen LogP contribution < -0.4 is 4.74 Å². The molecule has 0 radical (unpaired) electrons. The number of aromatic nitrogens is 3. The molecule has 0 saturated heterocycles. The highest BCUT2D eigenvalue weighted by molar-refractivity contribution is 9.10. The van der Waals surface area contributed by atoms with Crippen molar-refractivity contribution in [3.63, 3.8) is 0 Å². The molecule has 0 aliphatic rings. The van der Waals surface area contributed by atoms with Crippen LogP contribution >= 0.6 is 27.5 Å². The molecule has 0 unspecified atom stereocenters. The number of aryl methyl sites for hydroxylation is 2. The number of rotatable bonds is 5. The molecule has 0 aromatic carbocycles. The summed E-state index contributed by atoms with van der Waals surface area (Å²) in [6.07, 6.45) is 2.52. The summed E-state index contributed by atoms with van der Waals surface area (Å²) in [5.74, 6) is 0.695. The molecule has 2 heterocycles. The third-order valence-corrected chi connectivity index (χ3v) is 3.82. The second kappa shape index (κ2) is 6.39. The van der Waals surface area contributed by atoms with Crippen LogP contribution in [0.2, 0.25) is 5.02 Å². The monoisotopic (exact) mass is 343 g/mol. The largest absolute Gasteiger partial charge is 0.484 e. The van der Waals surface area contributed by atoms with Gasteiger partial charge in [0, 0.05) is 12.7 Å². The lowest BCUT2D eigenvalue weighted by Crippen LogP contribution is -2.07. The van der Waals surface area contributed by atoms with E-state index in [2.05, 4.69) is 26.0 Å². The van der Waals surface area contributed by atoms with E-state index < -0.39 is 0 Å².